The van der Waals surface area contributed by atoms with Crippen molar-refractivity contribution in [3.05, 3.63) is 42.5 Å². The summed E-state index contributed by atoms with van der Waals surface area (Å²) in [7, 11) is 0. The van der Waals surface area contributed by atoms with E-state index >= 15 is 0 Å². The van der Waals surface area contributed by atoms with Crippen LogP contribution in [0.3, 0.4) is 0 Å². The van der Waals surface area contributed by atoms with Crippen molar-refractivity contribution < 1.29 is 19.1 Å². The predicted octanol–water partition coefficient (Wildman–Crippen LogP) is 2.66. The average Bonchev–Trinajstić information content (AvgIpc) is 2.98. The molecule has 6 nitrogen and oxygen atoms in total. The molecule has 0 bridgehead atoms. The monoisotopic (exact) mass is 340 g/mol. The number of aliphatic hydroxyl groups excluding tert-OH is 1. The van der Waals surface area contributed by atoms with Crippen molar-refractivity contribution in [3.63, 3.8) is 0 Å². The Balaban J connectivity index is 1.75. The summed E-state index contributed by atoms with van der Waals surface area (Å²) in [6.07, 6.45) is 0. The van der Waals surface area contributed by atoms with E-state index in [0.717, 1.165) is 16.4 Å². The van der Waals surface area contributed by atoms with Gasteiger partial charge in [0.1, 0.15) is 11.2 Å². The summed E-state index contributed by atoms with van der Waals surface area (Å²) in [5, 5.41) is 16.2. The van der Waals surface area contributed by atoms with Crippen LogP contribution in [0.5, 0.6) is 0 Å². The number of furan rings is 1. The van der Waals surface area contributed by atoms with Crippen molar-refractivity contribution in [2.24, 2.45) is 5.92 Å². The molecule has 0 aliphatic heterocycles. The number of fused-ring (bicyclic) bond motifs is 3. The van der Waals surface area contributed by atoms with Gasteiger partial charge < -0.3 is 20.2 Å². The predicted molar refractivity (Wildman–Crippen MR) is 96.2 cm³/mol. The van der Waals surface area contributed by atoms with Crippen LogP contribution in [0.4, 0.5) is 5.69 Å². The number of rotatable bonds is 4. The molecule has 3 aromatic rings. The summed E-state index contributed by atoms with van der Waals surface area (Å²) in [6.45, 7) is 3.47. The highest BCUT2D eigenvalue weighted by atomic mass is 16.3. The molecule has 0 aliphatic rings. The number of hydrogen-bond donors (Lipinski definition) is 3. The van der Waals surface area contributed by atoms with Gasteiger partial charge in [0.15, 0.2) is 0 Å². The van der Waals surface area contributed by atoms with Crippen LogP contribution in [0, 0.1) is 5.92 Å². The fourth-order valence-corrected chi connectivity index (χ4v) is 2.56. The van der Waals surface area contributed by atoms with Crippen LogP contribution >= 0.6 is 0 Å². The Morgan fingerprint density at radius 2 is 1.76 bits per heavy atom. The molecule has 0 aliphatic carbocycles. The Kier molecular flexibility index (Phi) is 4.72. The molecule has 2 unspecified atom stereocenters. The first-order chi connectivity index (χ1) is 12.0. The average molecular weight is 340 g/mol. The van der Waals surface area contributed by atoms with Gasteiger partial charge in [0.2, 0.25) is 0 Å². The number of hydrogen-bond acceptors (Lipinski definition) is 4. The van der Waals surface area contributed by atoms with E-state index in [2.05, 4.69) is 10.6 Å². The molecule has 2 amide bonds. The molecule has 2 aromatic carbocycles. The van der Waals surface area contributed by atoms with E-state index in [1.54, 1.807) is 26.0 Å². The van der Waals surface area contributed by atoms with E-state index in [4.69, 9.17) is 9.52 Å². The molecule has 3 rings (SSSR count). The molecule has 1 heterocycles. The first-order valence-corrected chi connectivity index (χ1v) is 8.13. The quantitative estimate of drug-likeness (QED) is 0.637. The molecule has 25 heavy (non-hydrogen) atoms. The summed E-state index contributed by atoms with van der Waals surface area (Å²) >= 11 is 0. The second kappa shape index (κ2) is 6.94. The van der Waals surface area contributed by atoms with E-state index in [1.807, 2.05) is 30.3 Å². The minimum atomic E-state index is -0.757. The van der Waals surface area contributed by atoms with Crippen LogP contribution in [0.2, 0.25) is 0 Å². The van der Waals surface area contributed by atoms with Gasteiger partial charge in [-0.2, -0.15) is 0 Å². The molecule has 6 heteroatoms. The van der Waals surface area contributed by atoms with E-state index in [1.165, 1.54) is 0 Å². The van der Waals surface area contributed by atoms with E-state index < -0.39 is 11.8 Å². The molecule has 0 saturated carbocycles. The number of amides is 2. The lowest BCUT2D eigenvalue weighted by atomic mass is 10.1. The van der Waals surface area contributed by atoms with Crippen LogP contribution in [0.25, 0.3) is 21.9 Å². The first kappa shape index (κ1) is 17.0. The third-order valence-corrected chi connectivity index (χ3v) is 4.34. The smallest absolute Gasteiger partial charge is 0.313 e. The molecular weight excluding hydrogens is 320 g/mol. The van der Waals surface area contributed by atoms with E-state index in [9.17, 15) is 9.59 Å². The molecule has 1 aromatic heterocycles. The van der Waals surface area contributed by atoms with Crippen molar-refractivity contribution in [1.82, 2.24) is 5.32 Å². The number of nitrogens with one attached hydrogen (secondary N) is 2. The molecule has 0 saturated heterocycles. The zero-order chi connectivity index (χ0) is 18.0. The molecule has 0 radical (unpaired) electrons. The Labute approximate surface area is 144 Å². The maximum atomic E-state index is 12.1. The fraction of sp³-hybridized carbons (Fsp3) is 0.263. The Hall–Kier alpha value is -2.86. The second-order valence-electron chi connectivity index (χ2n) is 6.19. The molecule has 0 spiro atoms. The molecule has 0 fully saturated rings. The molecular formula is C19H20N2O4. The maximum Gasteiger partial charge on any atom is 0.313 e. The fourth-order valence-electron chi connectivity index (χ4n) is 2.56. The highest BCUT2D eigenvalue weighted by Crippen LogP contribution is 2.30. The van der Waals surface area contributed by atoms with Gasteiger partial charge >= 0.3 is 11.8 Å². The van der Waals surface area contributed by atoms with Crippen molar-refractivity contribution >= 4 is 39.4 Å². The van der Waals surface area contributed by atoms with Crippen molar-refractivity contribution in [1.29, 1.82) is 0 Å². The second-order valence-corrected chi connectivity index (χ2v) is 6.19. The number of anilines is 1. The number of benzene rings is 2. The van der Waals surface area contributed by atoms with Gasteiger partial charge in [0, 0.05) is 35.2 Å². The van der Waals surface area contributed by atoms with Crippen LogP contribution in [-0.2, 0) is 9.59 Å². The lowest BCUT2D eigenvalue weighted by Crippen LogP contribution is -2.43. The van der Waals surface area contributed by atoms with Crippen molar-refractivity contribution in [2.45, 2.75) is 19.9 Å². The van der Waals surface area contributed by atoms with E-state index in [-0.39, 0.29) is 18.6 Å². The molecule has 2 atom stereocenters. The van der Waals surface area contributed by atoms with Crippen molar-refractivity contribution in [3.8, 4) is 0 Å². The highest BCUT2D eigenvalue weighted by Gasteiger charge is 2.19. The van der Waals surface area contributed by atoms with Gasteiger partial charge in [0.05, 0.1) is 0 Å². The number of para-hydroxylation sites is 1. The van der Waals surface area contributed by atoms with Crippen LogP contribution < -0.4 is 10.6 Å². The summed E-state index contributed by atoms with van der Waals surface area (Å²) in [5.74, 6) is -1.63. The number of carbonyl (C=O) groups is 2. The van der Waals surface area contributed by atoms with Gasteiger partial charge in [-0.25, -0.2) is 0 Å². The lowest BCUT2D eigenvalue weighted by Gasteiger charge is -2.18. The van der Waals surface area contributed by atoms with Crippen LogP contribution in [0.15, 0.2) is 46.9 Å². The van der Waals surface area contributed by atoms with Crippen LogP contribution in [-0.4, -0.2) is 29.6 Å². The Bertz CT molecular complexity index is 931. The lowest BCUT2D eigenvalue weighted by molar-refractivity contribution is -0.136. The first-order valence-electron chi connectivity index (χ1n) is 8.13. The zero-order valence-electron chi connectivity index (χ0n) is 14.1. The third-order valence-electron chi connectivity index (χ3n) is 4.34. The highest BCUT2D eigenvalue weighted by molar-refractivity contribution is 6.39. The standard InChI is InChI=1S/C19H20N2O4/c1-11(10-22)12(2)20-18(23)19(24)21-13-7-8-15-14-5-3-4-6-16(14)25-17(15)9-13/h3-9,11-12,22H,10H2,1-2H3,(H,20,23)(H,21,24). The topological polar surface area (TPSA) is 91.6 Å². The largest absolute Gasteiger partial charge is 0.456 e. The minimum Gasteiger partial charge on any atom is -0.456 e. The number of aliphatic hydroxyl groups is 1. The van der Waals surface area contributed by atoms with Gasteiger partial charge in [-0.05, 0) is 31.0 Å². The van der Waals surface area contributed by atoms with Gasteiger partial charge in [-0.3, -0.25) is 9.59 Å². The zero-order valence-corrected chi connectivity index (χ0v) is 14.1. The van der Waals surface area contributed by atoms with Crippen molar-refractivity contribution in [2.75, 3.05) is 11.9 Å². The number of carbonyl (C=O) groups excluding carboxylic acids is 2. The SMILES string of the molecule is CC(CO)C(C)NC(=O)C(=O)Nc1ccc2c(c1)oc1ccccc12. The third kappa shape index (κ3) is 3.49. The summed E-state index contributed by atoms with van der Waals surface area (Å²) < 4.78 is 5.77. The Morgan fingerprint density at radius 3 is 2.52 bits per heavy atom. The summed E-state index contributed by atoms with van der Waals surface area (Å²) in [4.78, 5) is 24.0. The Morgan fingerprint density at radius 1 is 1.04 bits per heavy atom. The minimum absolute atomic E-state index is 0.0637. The van der Waals surface area contributed by atoms with Gasteiger partial charge in [-0.1, -0.05) is 25.1 Å². The van der Waals surface area contributed by atoms with Gasteiger partial charge in [0.25, 0.3) is 0 Å². The molecule has 130 valence electrons. The molecule has 3 N–H and O–H groups in total. The summed E-state index contributed by atoms with van der Waals surface area (Å²) in [5.41, 5.74) is 1.89. The normalized spacial score (nSPS) is 13.6. The maximum absolute atomic E-state index is 12.1. The van der Waals surface area contributed by atoms with Crippen LogP contribution in [0.1, 0.15) is 13.8 Å². The summed E-state index contributed by atoms with van der Waals surface area (Å²) in [6, 6.07) is 12.7. The van der Waals surface area contributed by atoms with E-state index in [0.29, 0.717) is 11.3 Å². The van der Waals surface area contributed by atoms with Gasteiger partial charge in [-0.15, -0.1) is 0 Å².